The Morgan fingerprint density at radius 2 is 1.80 bits per heavy atom. The van der Waals surface area contributed by atoms with Gasteiger partial charge in [-0.1, -0.05) is 18.2 Å². The van der Waals surface area contributed by atoms with E-state index < -0.39 is 7.60 Å². The molecule has 5 nitrogen and oxygen atoms in total. The van der Waals surface area contributed by atoms with E-state index in [0.717, 1.165) is 5.69 Å². The summed E-state index contributed by atoms with van der Waals surface area (Å²) in [6, 6.07) is 11.3. The van der Waals surface area contributed by atoms with Crippen molar-refractivity contribution in [1.29, 1.82) is 5.26 Å². The highest BCUT2D eigenvalue weighted by Crippen LogP contribution is 2.56. The van der Waals surface area contributed by atoms with Crippen LogP contribution in [0.15, 0.2) is 41.3 Å². The summed E-state index contributed by atoms with van der Waals surface area (Å²) in [5, 5.41) is 12.3. The fraction of sp³-hybridized carbons (Fsp3) is 0.357. The van der Waals surface area contributed by atoms with Gasteiger partial charge in [-0.15, -0.1) is 0 Å². The standard InChI is InChI=1S/C14H19N2O3P/c1-4-18-20(17,19-5-2)14(11-15)12(3)16-13-9-7-6-8-10-13/h6-10,16H,4-5H2,1-3H3/b14-12+. The maximum absolute atomic E-state index is 12.6. The number of hydrogen-bond acceptors (Lipinski definition) is 5. The molecular formula is C14H19N2O3P. The zero-order valence-corrected chi connectivity index (χ0v) is 12.8. The first kappa shape index (κ1) is 16.5. The number of nitrogens with zero attached hydrogens (tertiary/aromatic N) is 1. The molecule has 0 spiro atoms. The van der Waals surface area contributed by atoms with Gasteiger partial charge in [0.2, 0.25) is 0 Å². The molecule has 1 N–H and O–H groups in total. The van der Waals surface area contributed by atoms with E-state index in [0.29, 0.717) is 5.70 Å². The molecule has 0 atom stereocenters. The molecule has 0 unspecified atom stereocenters. The molecule has 1 aromatic carbocycles. The minimum Gasteiger partial charge on any atom is -0.358 e. The van der Waals surface area contributed by atoms with E-state index in [-0.39, 0.29) is 18.5 Å². The van der Waals surface area contributed by atoms with Crippen molar-refractivity contribution in [3.63, 3.8) is 0 Å². The van der Waals surface area contributed by atoms with Crippen LogP contribution in [0, 0.1) is 11.3 Å². The number of nitrogens with one attached hydrogen (secondary N) is 1. The van der Waals surface area contributed by atoms with Gasteiger partial charge in [0.1, 0.15) is 6.07 Å². The topological polar surface area (TPSA) is 71.3 Å². The fourth-order valence-electron chi connectivity index (χ4n) is 1.65. The predicted molar refractivity (Wildman–Crippen MR) is 79.2 cm³/mol. The molecule has 108 valence electrons. The summed E-state index contributed by atoms with van der Waals surface area (Å²) in [5.41, 5.74) is 1.27. The van der Waals surface area contributed by atoms with E-state index >= 15 is 0 Å². The van der Waals surface area contributed by atoms with Crippen molar-refractivity contribution in [1.82, 2.24) is 0 Å². The third-order valence-electron chi connectivity index (χ3n) is 2.44. The minimum absolute atomic E-state index is 0.00468. The summed E-state index contributed by atoms with van der Waals surface area (Å²) in [7, 11) is -3.57. The Morgan fingerprint density at radius 1 is 1.25 bits per heavy atom. The van der Waals surface area contributed by atoms with Crippen LogP contribution < -0.4 is 5.32 Å². The van der Waals surface area contributed by atoms with Crippen molar-refractivity contribution < 1.29 is 13.6 Å². The van der Waals surface area contributed by atoms with Gasteiger partial charge < -0.3 is 14.4 Å². The zero-order valence-electron chi connectivity index (χ0n) is 11.9. The van der Waals surface area contributed by atoms with E-state index in [4.69, 9.17) is 9.05 Å². The van der Waals surface area contributed by atoms with Gasteiger partial charge in [-0.2, -0.15) is 5.26 Å². The summed E-state index contributed by atoms with van der Waals surface area (Å²) in [5.74, 6) is 0. The van der Waals surface area contributed by atoms with Crippen LogP contribution in [0.5, 0.6) is 0 Å². The second-order valence-electron chi connectivity index (χ2n) is 3.91. The van der Waals surface area contributed by atoms with Gasteiger partial charge in [0.15, 0.2) is 5.31 Å². The average molecular weight is 294 g/mol. The quantitative estimate of drug-likeness (QED) is 0.605. The lowest BCUT2D eigenvalue weighted by atomic mass is 10.3. The van der Waals surface area contributed by atoms with Crippen molar-refractivity contribution in [2.45, 2.75) is 20.8 Å². The molecular weight excluding hydrogens is 275 g/mol. The lowest BCUT2D eigenvalue weighted by Gasteiger charge is -2.18. The Labute approximate surface area is 119 Å². The normalized spacial score (nSPS) is 12.5. The lowest BCUT2D eigenvalue weighted by Crippen LogP contribution is -2.04. The van der Waals surface area contributed by atoms with Crippen molar-refractivity contribution in [3.05, 3.63) is 41.3 Å². The highest BCUT2D eigenvalue weighted by molar-refractivity contribution is 7.59. The number of hydrogen-bond donors (Lipinski definition) is 1. The third-order valence-corrected chi connectivity index (χ3v) is 4.62. The van der Waals surface area contributed by atoms with Crippen molar-refractivity contribution in [2.24, 2.45) is 0 Å². The molecule has 6 heteroatoms. The van der Waals surface area contributed by atoms with E-state index in [1.54, 1.807) is 20.8 Å². The molecule has 0 heterocycles. The van der Waals surface area contributed by atoms with Gasteiger partial charge in [0.05, 0.1) is 13.2 Å². The number of rotatable bonds is 7. The second kappa shape index (κ2) is 7.86. The maximum Gasteiger partial charge on any atom is 0.373 e. The van der Waals surface area contributed by atoms with Crippen LogP contribution in [0.4, 0.5) is 5.69 Å². The number of para-hydroxylation sites is 1. The van der Waals surface area contributed by atoms with Crippen molar-refractivity contribution in [3.8, 4) is 6.07 Å². The largest absolute Gasteiger partial charge is 0.373 e. The molecule has 1 aromatic rings. The number of nitriles is 1. The molecule has 0 aliphatic carbocycles. The zero-order chi connectivity index (χ0) is 15.0. The highest BCUT2D eigenvalue weighted by atomic mass is 31.2. The summed E-state index contributed by atoms with van der Waals surface area (Å²) in [6.45, 7) is 5.51. The van der Waals surface area contributed by atoms with E-state index in [1.165, 1.54) is 0 Å². The molecule has 0 aliphatic rings. The Balaban J connectivity index is 3.11. The molecule has 0 bridgehead atoms. The monoisotopic (exact) mass is 294 g/mol. The Bertz CT molecular complexity index is 539. The minimum atomic E-state index is -3.57. The average Bonchev–Trinajstić information content (AvgIpc) is 2.41. The Morgan fingerprint density at radius 3 is 2.25 bits per heavy atom. The van der Waals surface area contributed by atoms with E-state index in [2.05, 4.69) is 5.32 Å². The van der Waals surface area contributed by atoms with Crippen LogP contribution in [-0.4, -0.2) is 13.2 Å². The Kier molecular flexibility index (Phi) is 6.47. The molecule has 0 aromatic heterocycles. The first-order valence-electron chi connectivity index (χ1n) is 6.40. The van der Waals surface area contributed by atoms with Crippen LogP contribution in [0.25, 0.3) is 0 Å². The van der Waals surface area contributed by atoms with Gasteiger partial charge in [0.25, 0.3) is 0 Å². The summed E-state index contributed by atoms with van der Waals surface area (Å²) in [4.78, 5) is 0. The van der Waals surface area contributed by atoms with Gasteiger partial charge in [0, 0.05) is 11.4 Å². The van der Waals surface area contributed by atoms with Gasteiger partial charge in [-0.3, -0.25) is 4.57 Å². The van der Waals surface area contributed by atoms with Gasteiger partial charge in [-0.25, -0.2) is 0 Å². The van der Waals surface area contributed by atoms with Crippen LogP contribution in [0.1, 0.15) is 20.8 Å². The number of allylic oxidation sites excluding steroid dienone is 2. The maximum atomic E-state index is 12.6. The first-order chi connectivity index (χ1) is 9.57. The molecule has 0 amide bonds. The van der Waals surface area contributed by atoms with Crippen LogP contribution in [-0.2, 0) is 13.6 Å². The molecule has 0 saturated heterocycles. The second-order valence-corrected chi connectivity index (χ2v) is 5.87. The van der Waals surface area contributed by atoms with Gasteiger partial charge in [-0.05, 0) is 32.9 Å². The Hall–Kier alpha value is -1.60. The summed E-state index contributed by atoms with van der Waals surface area (Å²) in [6.07, 6.45) is 0. The molecule has 0 fully saturated rings. The predicted octanol–water partition coefficient (Wildman–Crippen LogP) is 4.12. The van der Waals surface area contributed by atoms with Crippen LogP contribution in [0.2, 0.25) is 0 Å². The lowest BCUT2D eigenvalue weighted by molar-refractivity contribution is 0.227. The molecule has 0 radical (unpaired) electrons. The fourth-order valence-corrected chi connectivity index (χ4v) is 3.26. The van der Waals surface area contributed by atoms with Crippen molar-refractivity contribution in [2.75, 3.05) is 18.5 Å². The third kappa shape index (κ3) is 4.21. The summed E-state index contributed by atoms with van der Waals surface area (Å²) < 4.78 is 23.0. The van der Waals surface area contributed by atoms with E-state index in [9.17, 15) is 9.83 Å². The van der Waals surface area contributed by atoms with Gasteiger partial charge >= 0.3 is 7.60 Å². The van der Waals surface area contributed by atoms with Crippen LogP contribution in [0.3, 0.4) is 0 Å². The molecule has 0 aliphatic heterocycles. The highest BCUT2D eigenvalue weighted by Gasteiger charge is 2.32. The SMILES string of the molecule is CCOP(=O)(OCC)/C(C#N)=C(\C)Nc1ccccc1. The van der Waals surface area contributed by atoms with Crippen molar-refractivity contribution >= 4 is 13.3 Å². The number of anilines is 1. The summed E-state index contributed by atoms with van der Waals surface area (Å²) >= 11 is 0. The molecule has 0 saturated carbocycles. The first-order valence-corrected chi connectivity index (χ1v) is 7.94. The van der Waals surface area contributed by atoms with Crippen LogP contribution >= 0.6 is 7.60 Å². The smallest absolute Gasteiger partial charge is 0.358 e. The number of benzene rings is 1. The molecule has 20 heavy (non-hydrogen) atoms. The van der Waals surface area contributed by atoms with E-state index in [1.807, 2.05) is 36.4 Å². The molecule has 1 rings (SSSR count).